The second kappa shape index (κ2) is 13.8. The molecule has 10 nitrogen and oxygen atoms in total. The SMILES string of the molecule is CCN(CCC(C)C1C=CC(Nc2nc(N3CCCCC3)cnc2C(N)=O)=CC1)C(=O)C1CCC(C(N)=O)CC1. The Hall–Kier alpha value is -3.43. The molecule has 5 N–H and O–H groups in total. The third-order valence-corrected chi connectivity index (χ3v) is 8.83. The fourth-order valence-electron chi connectivity index (χ4n) is 6.09. The van der Waals surface area contributed by atoms with E-state index < -0.39 is 5.91 Å². The van der Waals surface area contributed by atoms with Crippen LogP contribution in [0.1, 0.15) is 82.1 Å². The van der Waals surface area contributed by atoms with Crippen molar-refractivity contribution < 1.29 is 14.4 Å². The molecule has 1 aliphatic heterocycles. The smallest absolute Gasteiger partial charge is 0.271 e. The molecule has 2 atom stereocenters. The van der Waals surface area contributed by atoms with Crippen molar-refractivity contribution in [2.75, 3.05) is 36.4 Å². The minimum Gasteiger partial charge on any atom is -0.369 e. The monoisotopic (exact) mass is 551 g/mol. The Morgan fingerprint density at radius 2 is 1.80 bits per heavy atom. The largest absolute Gasteiger partial charge is 0.369 e. The van der Waals surface area contributed by atoms with Crippen LogP contribution >= 0.6 is 0 Å². The Balaban J connectivity index is 1.30. The molecule has 1 aromatic heterocycles. The summed E-state index contributed by atoms with van der Waals surface area (Å²) in [6.45, 7) is 7.55. The molecular weight excluding hydrogens is 506 g/mol. The fourth-order valence-corrected chi connectivity index (χ4v) is 6.09. The van der Waals surface area contributed by atoms with E-state index in [0.717, 1.165) is 69.7 Å². The minimum absolute atomic E-state index is 0.00110. The number of nitrogens with zero attached hydrogens (tertiary/aromatic N) is 4. The lowest BCUT2D eigenvalue weighted by Gasteiger charge is -2.32. The zero-order valence-corrected chi connectivity index (χ0v) is 24.0. The van der Waals surface area contributed by atoms with Gasteiger partial charge in [0.2, 0.25) is 11.8 Å². The number of anilines is 2. The molecule has 0 spiro atoms. The zero-order chi connectivity index (χ0) is 28.6. The van der Waals surface area contributed by atoms with E-state index in [0.29, 0.717) is 37.0 Å². The van der Waals surface area contributed by atoms with Crippen LogP contribution in [0.2, 0.25) is 0 Å². The summed E-state index contributed by atoms with van der Waals surface area (Å²) in [5, 5.41) is 3.28. The van der Waals surface area contributed by atoms with Gasteiger partial charge >= 0.3 is 0 Å². The molecule has 0 bridgehead atoms. The number of carbonyl (C=O) groups is 3. The van der Waals surface area contributed by atoms with Gasteiger partial charge in [-0.1, -0.05) is 19.1 Å². The van der Waals surface area contributed by atoms with E-state index in [1.54, 1.807) is 6.20 Å². The van der Waals surface area contributed by atoms with Gasteiger partial charge in [0.05, 0.1) is 6.20 Å². The third kappa shape index (κ3) is 7.40. The lowest BCUT2D eigenvalue weighted by Crippen LogP contribution is -2.40. The molecule has 1 saturated carbocycles. The molecule has 1 saturated heterocycles. The van der Waals surface area contributed by atoms with E-state index >= 15 is 0 Å². The summed E-state index contributed by atoms with van der Waals surface area (Å²) in [6, 6.07) is 0. The van der Waals surface area contributed by atoms with Gasteiger partial charge in [-0.05, 0) is 82.6 Å². The van der Waals surface area contributed by atoms with Crippen LogP contribution in [0.15, 0.2) is 30.1 Å². The van der Waals surface area contributed by atoms with Crippen LogP contribution in [0, 0.1) is 23.7 Å². The van der Waals surface area contributed by atoms with E-state index in [4.69, 9.17) is 16.5 Å². The van der Waals surface area contributed by atoms with Crippen molar-refractivity contribution in [3.8, 4) is 0 Å². The molecule has 2 fully saturated rings. The van der Waals surface area contributed by atoms with Gasteiger partial charge in [-0.3, -0.25) is 14.4 Å². The maximum Gasteiger partial charge on any atom is 0.271 e. The summed E-state index contributed by atoms with van der Waals surface area (Å²) in [6.07, 6.45) is 16.1. The highest BCUT2D eigenvalue weighted by Crippen LogP contribution is 2.31. The van der Waals surface area contributed by atoms with Crippen molar-refractivity contribution >= 4 is 29.4 Å². The standard InChI is InChI=1S/C30H45N7O3/c1-3-36(30(40)23-9-7-22(8-10-23)27(31)38)18-15-20(2)21-11-13-24(14-12-21)34-29-26(28(32)39)33-19-25(35-29)37-16-5-4-6-17-37/h11,13-14,19-23H,3-10,12,15-18H2,1-2H3,(H2,31,38)(H2,32,39)(H,34,35). The number of nitrogens with two attached hydrogens (primary N) is 2. The average Bonchev–Trinajstić information content (AvgIpc) is 2.98. The molecule has 0 aromatic carbocycles. The van der Waals surface area contributed by atoms with Crippen molar-refractivity contribution in [3.05, 3.63) is 35.8 Å². The Morgan fingerprint density at radius 1 is 1.10 bits per heavy atom. The molecule has 0 radical (unpaired) electrons. The topological polar surface area (TPSA) is 148 Å². The molecule has 3 aliphatic rings. The molecular formula is C30H45N7O3. The number of carbonyl (C=O) groups excluding carboxylic acids is 3. The first-order chi connectivity index (χ1) is 19.3. The summed E-state index contributed by atoms with van der Waals surface area (Å²) in [7, 11) is 0. The number of aromatic nitrogens is 2. The molecule has 40 heavy (non-hydrogen) atoms. The number of allylic oxidation sites excluding steroid dienone is 3. The average molecular weight is 552 g/mol. The highest BCUT2D eigenvalue weighted by molar-refractivity contribution is 5.96. The summed E-state index contributed by atoms with van der Waals surface area (Å²) in [5.41, 5.74) is 12.0. The van der Waals surface area contributed by atoms with Gasteiger partial charge in [0.25, 0.3) is 5.91 Å². The van der Waals surface area contributed by atoms with Crippen LogP contribution in [0.4, 0.5) is 11.6 Å². The molecule has 4 rings (SSSR count). The highest BCUT2D eigenvalue weighted by Gasteiger charge is 2.31. The molecule has 2 unspecified atom stereocenters. The van der Waals surface area contributed by atoms with Crippen molar-refractivity contribution in [1.82, 2.24) is 14.9 Å². The summed E-state index contributed by atoms with van der Waals surface area (Å²) in [5.74, 6) is 1.17. The van der Waals surface area contributed by atoms with E-state index in [2.05, 4.69) is 34.3 Å². The predicted octanol–water partition coefficient (Wildman–Crippen LogP) is 3.60. The Labute approximate surface area is 237 Å². The minimum atomic E-state index is -0.608. The highest BCUT2D eigenvalue weighted by atomic mass is 16.2. The second-order valence-corrected chi connectivity index (χ2v) is 11.5. The van der Waals surface area contributed by atoms with Gasteiger partial charge in [-0.2, -0.15) is 0 Å². The Morgan fingerprint density at radius 3 is 2.40 bits per heavy atom. The van der Waals surface area contributed by atoms with Crippen LogP contribution in [-0.4, -0.2) is 58.8 Å². The first-order valence-corrected chi connectivity index (χ1v) is 14.9. The molecule has 2 heterocycles. The van der Waals surface area contributed by atoms with E-state index in [-0.39, 0.29) is 29.3 Å². The van der Waals surface area contributed by atoms with Gasteiger partial charge in [-0.15, -0.1) is 0 Å². The molecule has 1 aromatic rings. The second-order valence-electron chi connectivity index (χ2n) is 11.5. The summed E-state index contributed by atoms with van der Waals surface area (Å²) < 4.78 is 0. The Bertz CT molecular complexity index is 1120. The third-order valence-electron chi connectivity index (χ3n) is 8.83. The van der Waals surface area contributed by atoms with Gasteiger partial charge in [0.1, 0.15) is 5.82 Å². The van der Waals surface area contributed by atoms with Crippen molar-refractivity contribution in [2.45, 2.75) is 71.6 Å². The van der Waals surface area contributed by atoms with E-state index in [9.17, 15) is 14.4 Å². The fraction of sp³-hybridized carbons (Fsp3) is 0.633. The van der Waals surface area contributed by atoms with Crippen molar-refractivity contribution in [1.29, 1.82) is 0 Å². The van der Waals surface area contributed by atoms with Crippen LogP contribution in [-0.2, 0) is 9.59 Å². The van der Waals surface area contributed by atoms with Gasteiger partial charge in [0, 0.05) is 43.7 Å². The van der Waals surface area contributed by atoms with Gasteiger partial charge in [-0.25, -0.2) is 9.97 Å². The lowest BCUT2D eigenvalue weighted by molar-refractivity contribution is -0.138. The summed E-state index contributed by atoms with van der Waals surface area (Å²) in [4.78, 5) is 49.8. The van der Waals surface area contributed by atoms with E-state index in [1.165, 1.54) is 6.42 Å². The number of primary amides is 2. The first kappa shape index (κ1) is 29.6. The maximum atomic E-state index is 13.1. The van der Waals surface area contributed by atoms with Crippen molar-refractivity contribution in [3.63, 3.8) is 0 Å². The molecule has 218 valence electrons. The molecule has 2 aliphatic carbocycles. The predicted molar refractivity (Wildman–Crippen MR) is 156 cm³/mol. The quantitative estimate of drug-likeness (QED) is 0.381. The zero-order valence-electron chi connectivity index (χ0n) is 24.0. The number of hydrogen-bond acceptors (Lipinski definition) is 7. The van der Waals surface area contributed by atoms with Crippen molar-refractivity contribution in [2.24, 2.45) is 35.1 Å². The van der Waals surface area contributed by atoms with Crippen LogP contribution in [0.3, 0.4) is 0 Å². The number of rotatable bonds is 11. The number of hydrogen-bond donors (Lipinski definition) is 3. The number of nitrogens with one attached hydrogen (secondary N) is 1. The molecule has 3 amide bonds. The maximum absolute atomic E-state index is 13.1. The number of piperidine rings is 1. The normalized spacial score (nSPS) is 23.7. The van der Waals surface area contributed by atoms with Crippen LogP contribution < -0.4 is 21.7 Å². The summed E-state index contributed by atoms with van der Waals surface area (Å²) >= 11 is 0. The Kier molecular flexibility index (Phi) is 10.2. The first-order valence-electron chi connectivity index (χ1n) is 14.9. The van der Waals surface area contributed by atoms with E-state index in [1.807, 2.05) is 17.9 Å². The van der Waals surface area contributed by atoms with Gasteiger partial charge in [0.15, 0.2) is 11.5 Å². The lowest BCUT2D eigenvalue weighted by atomic mass is 9.81. The molecule has 10 heteroatoms. The van der Waals surface area contributed by atoms with Crippen LogP contribution in [0.5, 0.6) is 0 Å². The van der Waals surface area contributed by atoms with Gasteiger partial charge < -0.3 is 26.6 Å². The van der Waals surface area contributed by atoms with Crippen LogP contribution in [0.25, 0.3) is 0 Å². The number of amides is 3.